The van der Waals surface area contributed by atoms with Crippen LogP contribution < -0.4 is 5.73 Å². The van der Waals surface area contributed by atoms with Gasteiger partial charge in [0.15, 0.2) is 0 Å². The molecule has 0 radical (unpaired) electrons. The maximum absolute atomic E-state index is 12.3. The Morgan fingerprint density at radius 2 is 1.65 bits per heavy atom. The highest BCUT2D eigenvalue weighted by molar-refractivity contribution is 5.79. The van der Waals surface area contributed by atoms with Gasteiger partial charge in [-0.1, -0.05) is 13.8 Å². The van der Waals surface area contributed by atoms with Crippen LogP contribution >= 0.6 is 0 Å². The predicted octanol–water partition coefficient (Wildman–Crippen LogP) is 0.339. The molecule has 2 N–H and O–H groups in total. The zero-order valence-electron chi connectivity index (χ0n) is 11.4. The van der Waals surface area contributed by atoms with Gasteiger partial charge < -0.3 is 20.1 Å². The number of carbonyl (C=O) groups excluding carboxylic acids is 1. The highest BCUT2D eigenvalue weighted by Crippen LogP contribution is 2.13. The second kappa shape index (κ2) is 9.39. The van der Waals surface area contributed by atoms with E-state index in [2.05, 4.69) is 0 Å². The largest absolute Gasteiger partial charge is 0.383 e. The number of amides is 1. The smallest absolute Gasteiger partial charge is 0.227 e. The van der Waals surface area contributed by atoms with Gasteiger partial charge in [-0.3, -0.25) is 4.79 Å². The Morgan fingerprint density at radius 1 is 1.18 bits per heavy atom. The van der Waals surface area contributed by atoms with E-state index in [1.807, 2.05) is 13.8 Å². The Bertz CT molecular complexity index is 202. The van der Waals surface area contributed by atoms with Crippen LogP contribution in [0.15, 0.2) is 0 Å². The monoisotopic (exact) mass is 246 g/mol. The highest BCUT2D eigenvalue weighted by atomic mass is 16.5. The number of carbonyl (C=O) groups is 1. The molecule has 0 rings (SSSR count). The van der Waals surface area contributed by atoms with Crippen molar-refractivity contribution < 1.29 is 14.3 Å². The maximum atomic E-state index is 12.3. The number of rotatable bonds is 9. The molecule has 1 atom stereocenters. The van der Waals surface area contributed by atoms with Crippen LogP contribution in [-0.2, 0) is 14.3 Å². The lowest BCUT2D eigenvalue weighted by atomic mass is 9.94. The topological polar surface area (TPSA) is 64.8 Å². The zero-order chi connectivity index (χ0) is 13.3. The minimum atomic E-state index is -0.122. The molecule has 0 heterocycles. The van der Waals surface area contributed by atoms with Crippen molar-refractivity contribution in [1.82, 2.24) is 4.90 Å². The second-order valence-electron chi connectivity index (χ2n) is 4.40. The van der Waals surface area contributed by atoms with Gasteiger partial charge in [-0.2, -0.15) is 0 Å². The van der Waals surface area contributed by atoms with Gasteiger partial charge in [0.05, 0.1) is 19.1 Å². The lowest BCUT2D eigenvalue weighted by molar-refractivity contribution is -0.137. The molecule has 0 aliphatic heterocycles. The van der Waals surface area contributed by atoms with E-state index in [0.717, 1.165) is 0 Å². The molecule has 0 aromatic carbocycles. The maximum Gasteiger partial charge on any atom is 0.227 e. The van der Waals surface area contributed by atoms with E-state index in [1.165, 1.54) is 0 Å². The number of hydrogen-bond donors (Lipinski definition) is 1. The van der Waals surface area contributed by atoms with Crippen LogP contribution in [0.2, 0.25) is 0 Å². The van der Waals surface area contributed by atoms with Gasteiger partial charge in [-0.25, -0.2) is 0 Å². The second-order valence-corrected chi connectivity index (χ2v) is 4.40. The van der Waals surface area contributed by atoms with Crippen molar-refractivity contribution in [3.8, 4) is 0 Å². The van der Waals surface area contributed by atoms with Crippen molar-refractivity contribution >= 4 is 5.91 Å². The molecule has 0 aromatic rings. The number of ether oxygens (including phenoxy) is 2. The molecule has 0 bridgehead atoms. The van der Waals surface area contributed by atoms with Crippen molar-refractivity contribution in [2.75, 3.05) is 47.1 Å². The first kappa shape index (κ1) is 16.4. The van der Waals surface area contributed by atoms with E-state index in [4.69, 9.17) is 15.2 Å². The van der Waals surface area contributed by atoms with Gasteiger partial charge in [0.2, 0.25) is 5.91 Å². The average Bonchev–Trinajstić information content (AvgIpc) is 2.29. The minimum absolute atomic E-state index is 0.0941. The number of nitrogens with zero attached hydrogens (tertiary/aromatic N) is 1. The summed E-state index contributed by atoms with van der Waals surface area (Å²) in [7, 11) is 3.25. The Labute approximate surface area is 104 Å². The molecule has 0 fully saturated rings. The van der Waals surface area contributed by atoms with Crippen LogP contribution in [0.5, 0.6) is 0 Å². The van der Waals surface area contributed by atoms with Gasteiger partial charge in [0, 0.05) is 33.9 Å². The van der Waals surface area contributed by atoms with Gasteiger partial charge in [0.25, 0.3) is 0 Å². The highest BCUT2D eigenvalue weighted by Gasteiger charge is 2.25. The molecule has 5 nitrogen and oxygen atoms in total. The van der Waals surface area contributed by atoms with E-state index in [-0.39, 0.29) is 17.7 Å². The van der Waals surface area contributed by atoms with E-state index >= 15 is 0 Å². The molecule has 102 valence electrons. The summed E-state index contributed by atoms with van der Waals surface area (Å²) in [4.78, 5) is 14.0. The molecular formula is C12H26N2O3. The summed E-state index contributed by atoms with van der Waals surface area (Å²) in [6, 6.07) is 0. The summed E-state index contributed by atoms with van der Waals surface area (Å²) in [5.74, 6) is 0.223. The first-order valence-electron chi connectivity index (χ1n) is 6.05. The summed E-state index contributed by atoms with van der Waals surface area (Å²) in [6.45, 7) is 6.65. The van der Waals surface area contributed by atoms with Crippen molar-refractivity contribution in [3.05, 3.63) is 0 Å². The molecule has 1 unspecified atom stereocenters. The normalized spacial score (nSPS) is 12.8. The fraction of sp³-hybridized carbons (Fsp3) is 0.917. The molecule has 0 spiro atoms. The van der Waals surface area contributed by atoms with Crippen molar-refractivity contribution in [1.29, 1.82) is 0 Å². The van der Waals surface area contributed by atoms with E-state index in [9.17, 15) is 4.79 Å². The molecule has 1 amide bonds. The first-order chi connectivity index (χ1) is 8.08. The molecule has 5 heteroatoms. The summed E-state index contributed by atoms with van der Waals surface area (Å²) in [5, 5.41) is 0. The molecule has 17 heavy (non-hydrogen) atoms. The fourth-order valence-corrected chi connectivity index (χ4v) is 1.63. The molecule has 0 saturated heterocycles. The van der Waals surface area contributed by atoms with Crippen LogP contribution in [0.4, 0.5) is 0 Å². The standard InChI is InChI=1S/C12H26N2O3/c1-10(2)11(9-13)12(15)14(5-7-16-3)6-8-17-4/h10-11H,5-9,13H2,1-4H3. The lowest BCUT2D eigenvalue weighted by Crippen LogP contribution is -2.44. The van der Waals surface area contributed by atoms with Crippen molar-refractivity contribution in [3.63, 3.8) is 0 Å². The van der Waals surface area contributed by atoms with Gasteiger partial charge >= 0.3 is 0 Å². The summed E-state index contributed by atoms with van der Waals surface area (Å²) < 4.78 is 10.0. The fourth-order valence-electron chi connectivity index (χ4n) is 1.63. The summed E-state index contributed by atoms with van der Waals surface area (Å²) in [5.41, 5.74) is 5.66. The Morgan fingerprint density at radius 3 is 1.94 bits per heavy atom. The van der Waals surface area contributed by atoms with E-state index in [0.29, 0.717) is 32.8 Å². The zero-order valence-corrected chi connectivity index (χ0v) is 11.4. The van der Waals surface area contributed by atoms with Crippen LogP contribution in [0.3, 0.4) is 0 Å². The van der Waals surface area contributed by atoms with Crippen LogP contribution in [0.25, 0.3) is 0 Å². The predicted molar refractivity (Wildman–Crippen MR) is 67.7 cm³/mol. The first-order valence-corrected chi connectivity index (χ1v) is 6.05. The third kappa shape index (κ3) is 6.00. The summed E-state index contributed by atoms with van der Waals surface area (Å²) in [6.07, 6.45) is 0. The quantitative estimate of drug-likeness (QED) is 0.637. The Hall–Kier alpha value is -0.650. The lowest BCUT2D eigenvalue weighted by Gasteiger charge is -2.28. The molecule has 0 aromatic heterocycles. The summed E-state index contributed by atoms with van der Waals surface area (Å²) >= 11 is 0. The average molecular weight is 246 g/mol. The third-order valence-electron chi connectivity index (χ3n) is 2.82. The molecule has 0 aliphatic carbocycles. The Balaban J connectivity index is 4.47. The van der Waals surface area contributed by atoms with E-state index < -0.39 is 0 Å². The van der Waals surface area contributed by atoms with Gasteiger partial charge in [0.1, 0.15) is 0 Å². The van der Waals surface area contributed by atoms with Gasteiger partial charge in [-0.05, 0) is 5.92 Å². The van der Waals surface area contributed by atoms with Crippen molar-refractivity contribution in [2.45, 2.75) is 13.8 Å². The number of hydrogen-bond acceptors (Lipinski definition) is 4. The SMILES string of the molecule is COCCN(CCOC)C(=O)C(CN)C(C)C. The van der Waals surface area contributed by atoms with Crippen LogP contribution in [-0.4, -0.2) is 57.9 Å². The number of methoxy groups -OCH3 is 2. The third-order valence-corrected chi connectivity index (χ3v) is 2.82. The minimum Gasteiger partial charge on any atom is -0.383 e. The van der Waals surface area contributed by atoms with Gasteiger partial charge in [-0.15, -0.1) is 0 Å². The number of nitrogens with two attached hydrogens (primary N) is 1. The Kier molecular flexibility index (Phi) is 9.03. The molecular weight excluding hydrogens is 220 g/mol. The molecule has 0 aliphatic rings. The van der Waals surface area contributed by atoms with Crippen molar-refractivity contribution in [2.24, 2.45) is 17.6 Å². The van der Waals surface area contributed by atoms with Crippen LogP contribution in [0, 0.1) is 11.8 Å². The van der Waals surface area contributed by atoms with Crippen LogP contribution in [0.1, 0.15) is 13.8 Å². The molecule has 0 saturated carbocycles. The van der Waals surface area contributed by atoms with E-state index in [1.54, 1.807) is 19.1 Å².